The quantitative estimate of drug-likeness (QED) is 0.262. The van der Waals surface area contributed by atoms with Gasteiger partial charge in [-0.2, -0.15) is 9.97 Å². The molecule has 0 aliphatic carbocycles. The number of benzene rings is 2. The molecule has 0 bridgehead atoms. The van der Waals surface area contributed by atoms with Crippen molar-refractivity contribution in [1.82, 2.24) is 47.8 Å². The van der Waals surface area contributed by atoms with Gasteiger partial charge in [0, 0.05) is 12.4 Å². The predicted octanol–water partition coefficient (Wildman–Crippen LogP) is 4.88. The van der Waals surface area contributed by atoms with E-state index >= 15 is 0 Å². The SMILES string of the molecule is S=c1n2c(nc3nc4ccccc4n13)NC1(c3ccccn3)n3c(nc4nc5ccccc5n4c3=S)NC21c1ccccn1. The third kappa shape index (κ3) is 2.64. The summed E-state index contributed by atoms with van der Waals surface area (Å²) in [6, 6.07) is 27.2. The van der Waals surface area contributed by atoms with Crippen molar-refractivity contribution in [3.05, 3.63) is 118 Å². The standard InChI is InChI=1S/C30H18N12S2/c43-27-39-19-11-3-1-9-17(19)33-23(39)35-25-37-30(22-14-6-8-16-32-22)29(41(25)27,21-13-5-7-15-31-21)38-26-36-24-34-18-10-2-4-12-20(18)40(24)28(44)42(26)30/h1-16H,(H,33,35,37)(H,34,36,38). The third-order valence-corrected chi connectivity index (χ3v) is 9.27. The van der Waals surface area contributed by atoms with E-state index in [0.29, 0.717) is 44.4 Å². The number of anilines is 2. The molecule has 2 aliphatic heterocycles. The summed E-state index contributed by atoms with van der Waals surface area (Å²) >= 11 is 12.6. The Balaban J connectivity index is 1.42. The number of imidazole rings is 2. The van der Waals surface area contributed by atoms with Crippen molar-refractivity contribution in [1.29, 1.82) is 0 Å². The van der Waals surface area contributed by atoms with E-state index in [1.165, 1.54) is 0 Å². The summed E-state index contributed by atoms with van der Waals surface area (Å²) in [6.45, 7) is 0. The molecule has 10 rings (SSSR count). The highest BCUT2D eigenvalue weighted by Crippen LogP contribution is 2.56. The lowest BCUT2D eigenvalue weighted by Gasteiger charge is -2.39. The molecule has 12 nitrogen and oxygen atoms in total. The minimum absolute atomic E-state index is 0.455. The fraction of sp³-hybridized carbons (Fsp3) is 0.0667. The highest BCUT2D eigenvalue weighted by Gasteiger charge is 2.69. The van der Waals surface area contributed by atoms with Crippen LogP contribution in [0, 0.1) is 9.54 Å². The topological polar surface area (TPSA) is 120 Å². The first-order chi connectivity index (χ1) is 21.6. The van der Waals surface area contributed by atoms with Gasteiger partial charge in [-0.25, -0.2) is 9.97 Å². The molecule has 2 aromatic carbocycles. The second kappa shape index (κ2) is 8.06. The fourth-order valence-corrected chi connectivity index (χ4v) is 7.62. The van der Waals surface area contributed by atoms with Crippen molar-refractivity contribution in [2.24, 2.45) is 0 Å². The Hall–Kier alpha value is -5.60. The largest absolute Gasteiger partial charge is 0.323 e. The van der Waals surface area contributed by atoms with Gasteiger partial charge in [0.05, 0.1) is 33.5 Å². The normalized spacial score (nSPS) is 20.1. The van der Waals surface area contributed by atoms with E-state index in [1.807, 2.05) is 103 Å². The maximum Gasteiger partial charge on any atom is 0.240 e. The number of para-hydroxylation sites is 4. The molecule has 2 aliphatic rings. The van der Waals surface area contributed by atoms with E-state index in [4.69, 9.17) is 54.3 Å². The van der Waals surface area contributed by atoms with Crippen molar-refractivity contribution in [2.75, 3.05) is 10.6 Å². The minimum Gasteiger partial charge on any atom is -0.323 e. The highest BCUT2D eigenvalue weighted by atomic mass is 32.1. The molecule has 0 spiro atoms. The van der Waals surface area contributed by atoms with Crippen LogP contribution in [-0.2, 0) is 11.3 Å². The molecular weight excluding hydrogens is 593 g/mol. The molecule has 0 amide bonds. The summed E-state index contributed by atoms with van der Waals surface area (Å²) in [5, 5.41) is 7.47. The maximum atomic E-state index is 6.32. The number of hydrogen-bond acceptors (Lipinski definition) is 10. The molecule has 8 heterocycles. The van der Waals surface area contributed by atoms with Crippen molar-refractivity contribution in [3.8, 4) is 0 Å². The zero-order chi connectivity index (χ0) is 29.2. The van der Waals surface area contributed by atoms with E-state index in [0.717, 1.165) is 22.1 Å². The first kappa shape index (κ1) is 23.9. The summed E-state index contributed by atoms with van der Waals surface area (Å²) in [5.41, 5.74) is 2.06. The molecule has 0 radical (unpaired) electrons. The third-order valence-electron chi connectivity index (χ3n) is 8.54. The van der Waals surface area contributed by atoms with Crippen LogP contribution in [0.15, 0.2) is 97.3 Å². The van der Waals surface area contributed by atoms with Crippen molar-refractivity contribution in [3.63, 3.8) is 0 Å². The van der Waals surface area contributed by atoms with Gasteiger partial charge in [0.25, 0.3) is 0 Å². The lowest BCUT2D eigenvalue weighted by atomic mass is 9.87. The summed E-state index contributed by atoms with van der Waals surface area (Å²) in [6.07, 6.45) is 3.51. The first-order valence-electron chi connectivity index (χ1n) is 13.8. The van der Waals surface area contributed by atoms with E-state index in [9.17, 15) is 0 Å². The van der Waals surface area contributed by atoms with Gasteiger partial charge in [0.1, 0.15) is 0 Å². The van der Waals surface area contributed by atoms with Gasteiger partial charge in [-0.1, -0.05) is 36.4 Å². The van der Waals surface area contributed by atoms with Crippen LogP contribution in [0.5, 0.6) is 0 Å². The Labute approximate surface area is 257 Å². The van der Waals surface area contributed by atoms with Gasteiger partial charge in [0.2, 0.25) is 34.8 Å². The lowest BCUT2D eigenvalue weighted by Crippen LogP contribution is -2.58. The van der Waals surface area contributed by atoms with E-state index in [1.54, 1.807) is 12.4 Å². The second-order valence-electron chi connectivity index (χ2n) is 10.7. The van der Waals surface area contributed by atoms with Crippen LogP contribution >= 0.6 is 24.4 Å². The van der Waals surface area contributed by atoms with Crippen LogP contribution in [0.25, 0.3) is 33.6 Å². The zero-order valence-corrected chi connectivity index (χ0v) is 24.2. The van der Waals surface area contributed by atoms with E-state index in [2.05, 4.69) is 10.6 Å². The van der Waals surface area contributed by atoms with Gasteiger partial charge < -0.3 is 10.6 Å². The van der Waals surface area contributed by atoms with Crippen molar-refractivity contribution in [2.45, 2.75) is 11.3 Å². The summed E-state index contributed by atoms with van der Waals surface area (Å²) in [7, 11) is 0. The number of hydrogen-bond donors (Lipinski definition) is 2. The molecule has 8 aromatic rings. The average Bonchev–Trinajstić information content (AvgIpc) is 3.77. The number of pyridine rings is 2. The summed E-state index contributed by atoms with van der Waals surface area (Å²) in [5.74, 6) is 1.90. The van der Waals surface area contributed by atoms with E-state index in [-0.39, 0.29) is 0 Å². The summed E-state index contributed by atoms with van der Waals surface area (Å²) in [4.78, 5) is 29.5. The Morgan fingerprint density at radius 3 is 1.39 bits per heavy atom. The molecule has 2 unspecified atom stereocenters. The van der Waals surface area contributed by atoms with Gasteiger partial charge in [-0.05, 0) is 73.0 Å². The number of nitrogens with one attached hydrogen (secondary N) is 2. The Morgan fingerprint density at radius 1 is 0.523 bits per heavy atom. The smallest absolute Gasteiger partial charge is 0.240 e. The number of rotatable bonds is 2. The monoisotopic (exact) mass is 610 g/mol. The number of nitrogens with zero attached hydrogens (tertiary/aromatic N) is 10. The molecule has 0 saturated carbocycles. The molecule has 6 aromatic heterocycles. The zero-order valence-electron chi connectivity index (χ0n) is 22.5. The summed E-state index contributed by atoms with van der Waals surface area (Å²) < 4.78 is 8.57. The Kier molecular flexibility index (Phi) is 4.38. The molecular formula is C30H18N12S2. The Morgan fingerprint density at radius 2 is 0.955 bits per heavy atom. The number of aromatic nitrogens is 10. The molecule has 14 heteroatoms. The lowest BCUT2D eigenvalue weighted by molar-refractivity contribution is 0.242. The van der Waals surface area contributed by atoms with Gasteiger partial charge in [-0.3, -0.25) is 27.9 Å². The van der Waals surface area contributed by atoms with Gasteiger partial charge in [0.15, 0.2) is 9.54 Å². The van der Waals surface area contributed by atoms with Crippen molar-refractivity contribution >= 4 is 70.0 Å². The number of fused-ring (bicyclic) bond motifs is 11. The molecule has 0 fully saturated rings. The van der Waals surface area contributed by atoms with E-state index < -0.39 is 11.3 Å². The Bertz CT molecular complexity index is 2440. The predicted molar refractivity (Wildman–Crippen MR) is 169 cm³/mol. The minimum atomic E-state index is -1.26. The highest BCUT2D eigenvalue weighted by molar-refractivity contribution is 7.71. The second-order valence-corrected chi connectivity index (χ2v) is 11.4. The molecule has 210 valence electrons. The van der Waals surface area contributed by atoms with Crippen LogP contribution < -0.4 is 10.6 Å². The molecule has 0 saturated heterocycles. The maximum absolute atomic E-state index is 6.32. The van der Waals surface area contributed by atoms with Gasteiger partial charge in [-0.15, -0.1) is 0 Å². The van der Waals surface area contributed by atoms with Crippen LogP contribution in [0.1, 0.15) is 11.4 Å². The van der Waals surface area contributed by atoms with Gasteiger partial charge >= 0.3 is 0 Å². The van der Waals surface area contributed by atoms with Crippen LogP contribution in [0.2, 0.25) is 0 Å². The van der Waals surface area contributed by atoms with Crippen molar-refractivity contribution < 1.29 is 0 Å². The average molecular weight is 611 g/mol. The first-order valence-corrected chi connectivity index (χ1v) is 14.6. The molecule has 2 N–H and O–H groups in total. The van der Waals surface area contributed by atoms with Crippen LogP contribution in [-0.4, -0.2) is 47.8 Å². The molecule has 2 atom stereocenters. The molecule has 44 heavy (non-hydrogen) atoms. The van der Waals surface area contributed by atoms with Crippen LogP contribution in [0.4, 0.5) is 11.9 Å². The van der Waals surface area contributed by atoms with Crippen LogP contribution in [0.3, 0.4) is 0 Å². The fourth-order valence-electron chi connectivity index (χ4n) is 6.82.